The van der Waals surface area contributed by atoms with E-state index in [4.69, 9.17) is 19.0 Å². The Labute approximate surface area is 215 Å². The monoisotopic (exact) mass is 496 g/mol. The number of ether oxygens (including phenoxy) is 2. The molecule has 3 aromatic carbocycles. The van der Waals surface area contributed by atoms with E-state index in [0.29, 0.717) is 29.8 Å². The number of hydrogen-bond acceptors (Lipinski definition) is 6. The fourth-order valence-corrected chi connectivity index (χ4v) is 4.49. The van der Waals surface area contributed by atoms with Gasteiger partial charge in [-0.25, -0.2) is 4.79 Å². The van der Waals surface area contributed by atoms with E-state index in [1.807, 2.05) is 86.6 Å². The fraction of sp³-hybridized carbons (Fsp3) is 0.207. The molecule has 0 aliphatic carbocycles. The van der Waals surface area contributed by atoms with E-state index < -0.39 is 6.04 Å². The maximum atomic E-state index is 13.4. The molecule has 8 nitrogen and oxygen atoms in total. The van der Waals surface area contributed by atoms with Gasteiger partial charge in [0.15, 0.2) is 0 Å². The van der Waals surface area contributed by atoms with Crippen LogP contribution in [0.15, 0.2) is 83.0 Å². The van der Waals surface area contributed by atoms with E-state index in [1.54, 1.807) is 19.1 Å². The minimum atomic E-state index is -0.505. The number of benzene rings is 3. The number of carbonyl (C=O) groups is 1. The number of aromatic nitrogens is 2. The standard InChI is InChI=1S/C29H28N4O4/c1-18-9-5-6-10-22(18)17-33-19(2)25(26(30-29(33)34)20-11-7-13-23(15-20)35-3)28-31-27(32-37-28)21-12-8-14-24(16-21)36-4/h5-16,26H,17H2,1-4H3,(H,30,34). The van der Waals surface area contributed by atoms with Gasteiger partial charge in [-0.2, -0.15) is 4.98 Å². The predicted molar refractivity (Wildman–Crippen MR) is 140 cm³/mol. The van der Waals surface area contributed by atoms with Crippen LogP contribution in [0.1, 0.15) is 35.5 Å². The normalized spacial score (nSPS) is 15.5. The number of methoxy groups -OCH3 is 2. The Morgan fingerprint density at radius 1 is 0.946 bits per heavy atom. The molecule has 1 aliphatic heterocycles. The van der Waals surface area contributed by atoms with E-state index in [9.17, 15) is 4.79 Å². The average molecular weight is 497 g/mol. The molecule has 0 spiro atoms. The van der Waals surface area contributed by atoms with Crippen LogP contribution in [0.5, 0.6) is 11.5 Å². The third kappa shape index (κ3) is 4.78. The molecule has 2 amide bonds. The molecule has 1 N–H and O–H groups in total. The lowest BCUT2D eigenvalue weighted by molar-refractivity contribution is 0.203. The summed E-state index contributed by atoms with van der Waals surface area (Å²) in [6.07, 6.45) is 0. The molecule has 188 valence electrons. The highest BCUT2D eigenvalue weighted by molar-refractivity contribution is 5.87. The molecule has 8 heteroatoms. The Bertz CT molecular complexity index is 1480. The molecule has 1 atom stereocenters. The minimum Gasteiger partial charge on any atom is -0.497 e. The van der Waals surface area contributed by atoms with Gasteiger partial charge in [-0.3, -0.25) is 4.90 Å². The summed E-state index contributed by atoms with van der Waals surface area (Å²) in [5, 5.41) is 7.39. The zero-order chi connectivity index (χ0) is 25.9. The van der Waals surface area contributed by atoms with Gasteiger partial charge in [-0.15, -0.1) is 0 Å². The van der Waals surface area contributed by atoms with Crippen molar-refractivity contribution < 1.29 is 18.8 Å². The summed E-state index contributed by atoms with van der Waals surface area (Å²) in [7, 11) is 3.23. The molecule has 5 rings (SSSR count). The van der Waals surface area contributed by atoms with Crippen LogP contribution in [0, 0.1) is 6.92 Å². The SMILES string of the molecule is COc1cccc(-c2noc(C3=C(C)N(Cc4ccccc4C)C(=O)NC3c3cccc(OC)c3)n2)c1. The van der Waals surface area contributed by atoms with E-state index >= 15 is 0 Å². The Hall–Kier alpha value is -4.59. The lowest BCUT2D eigenvalue weighted by Gasteiger charge is -2.35. The summed E-state index contributed by atoms with van der Waals surface area (Å²) in [6, 6.07) is 22.4. The summed E-state index contributed by atoms with van der Waals surface area (Å²) >= 11 is 0. The van der Waals surface area contributed by atoms with Gasteiger partial charge in [0.2, 0.25) is 5.82 Å². The molecule has 1 aromatic heterocycles. The lowest BCUT2D eigenvalue weighted by Crippen LogP contribution is -2.45. The zero-order valence-corrected chi connectivity index (χ0v) is 21.2. The van der Waals surface area contributed by atoms with Gasteiger partial charge in [-0.05, 0) is 54.8 Å². The first kappa shape index (κ1) is 24.1. The van der Waals surface area contributed by atoms with Crippen molar-refractivity contribution in [2.45, 2.75) is 26.4 Å². The highest BCUT2D eigenvalue weighted by atomic mass is 16.5. The number of aryl methyl sites for hydroxylation is 1. The van der Waals surface area contributed by atoms with E-state index in [2.05, 4.69) is 10.5 Å². The lowest BCUT2D eigenvalue weighted by atomic mass is 9.94. The largest absolute Gasteiger partial charge is 0.497 e. The number of urea groups is 1. The van der Waals surface area contributed by atoms with Gasteiger partial charge in [0.05, 0.1) is 32.4 Å². The van der Waals surface area contributed by atoms with Crippen molar-refractivity contribution in [3.05, 3.63) is 101 Å². The van der Waals surface area contributed by atoms with Gasteiger partial charge >= 0.3 is 6.03 Å². The maximum absolute atomic E-state index is 13.4. The molecule has 37 heavy (non-hydrogen) atoms. The number of allylic oxidation sites excluding steroid dienone is 1. The van der Waals surface area contributed by atoms with Gasteiger partial charge in [0.1, 0.15) is 11.5 Å². The third-order valence-corrected chi connectivity index (χ3v) is 6.60. The average Bonchev–Trinajstić information content (AvgIpc) is 3.41. The Balaban J connectivity index is 1.61. The molecule has 1 unspecified atom stereocenters. The number of nitrogens with one attached hydrogen (secondary N) is 1. The minimum absolute atomic E-state index is 0.204. The van der Waals surface area contributed by atoms with Gasteiger partial charge in [-0.1, -0.05) is 53.7 Å². The summed E-state index contributed by atoms with van der Waals surface area (Å²) in [6.45, 7) is 4.36. The van der Waals surface area contributed by atoms with Crippen molar-refractivity contribution in [1.29, 1.82) is 0 Å². The van der Waals surface area contributed by atoms with Crippen LogP contribution in [0.2, 0.25) is 0 Å². The second kappa shape index (κ2) is 10.2. The van der Waals surface area contributed by atoms with Crippen LogP contribution in [-0.4, -0.2) is 35.3 Å². The van der Waals surface area contributed by atoms with Crippen molar-refractivity contribution in [2.24, 2.45) is 0 Å². The molecule has 0 bridgehead atoms. The fourth-order valence-electron chi connectivity index (χ4n) is 4.49. The van der Waals surface area contributed by atoms with Crippen molar-refractivity contribution in [2.75, 3.05) is 14.2 Å². The number of amides is 2. The van der Waals surface area contributed by atoms with Gasteiger partial charge in [0, 0.05) is 11.3 Å². The van der Waals surface area contributed by atoms with Crippen LogP contribution < -0.4 is 14.8 Å². The molecule has 2 heterocycles. The van der Waals surface area contributed by atoms with E-state index in [0.717, 1.165) is 33.5 Å². The first-order chi connectivity index (χ1) is 18.0. The van der Waals surface area contributed by atoms with Crippen LogP contribution in [0.4, 0.5) is 4.79 Å². The smallest absolute Gasteiger partial charge is 0.322 e. The highest BCUT2D eigenvalue weighted by Gasteiger charge is 2.36. The molecule has 0 radical (unpaired) electrons. The first-order valence-corrected chi connectivity index (χ1v) is 11.9. The zero-order valence-electron chi connectivity index (χ0n) is 21.2. The molecule has 0 fully saturated rings. The molecular formula is C29H28N4O4. The van der Waals surface area contributed by atoms with Crippen LogP contribution in [0.25, 0.3) is 17.0 Å². The van der Waals surface area contributed by atoms with Crippen molar-refractivity contribution in [1.82, 2.24) is 20.4 Å². The Morgan fingerprint density at radius 2 is 1.68 bits per heavy atom. The van der Waals surface area contributed by atoms with Crippen LogP contribution in [0.3, 0.4) is 0 Å². The second-order valence-corrected chi connectivity index (χ2v) is 8.83. The summed E-state index contributed by atoms with van der Waals surface area (Å²) in [5.41, 5.74) is 5.24. The predicted octanol–water partition coefficient (Wildman–Crippen LogP) is 5.76. The number of carbonyl (C=O) groups excluding carboxylic acids is 1. The number of hydrogen-bond donors (Lipinski definition) is 1. The van der Waals surface area contributed by atoms with Crippen LogP contribution in [-0.2, 0) is 6.54 Å². The number of nitrogens with zero attached hydrogens (tertiary/aromatic N) is 3. The van der Waals surface area contributed by atoms with E-state index in [-0.39, 0.29) is 6.03 Å². The summed E-state index contributed by atoms with van der Waals surface area (Å²) < 4.78 is 16.6. The van der Waals surface area contributed by atoms with Crippen molar-refractivity contribution in [3.8, 4) is 22.9 Å². The molecule has 1 aliphatic rings. The van der Waals surface area contributed by atoms with Crippen molar-refractivity contribution in [3.63, 3.8) is 0 Å². The van der Waals surface area contributed by atoms with Gasteiger partial charge < -0.3 is 19.3 Å². The van der Waals surface area contributed by atoms with Crippen molar-refractivity contribution >= 4 is 11.6 Å². The van der Waals surface area contributed by atoms with Crippen LogP contribution >= 0.6 is 0 Å². The van der Waals surface area contributed by atoms with E-state index in [1.165, 1.54) is 0 Å². The molecular weight excluding hydrogens is 468 g/mol. The molecule has 0 saturated carbocycles. The Kier molecular flexibility index (Phi) is 6.64. The van der Waals surface area contributed by atoms with Gasteiger partial charge in [0.25, 0.3) is 5.89 Å². The summed E-state index contributed by atoms with van der Waals surface area (Å²) in [4.78, 5) is 19.8. The highest BCUT2D eigenvalue weighted by Crippen LogP contribution is 2.39. The molecule has 0 saturated heterocycles. The second-order valence-electron chi connectivity index (χ2n) is 8.83. The third-order valence-electron chi connectivity index (χ3n) is 6.60. The molecule has 4 aromatic rings. The quantitative estimate of drug-likeness (QED) is 0.350. The maximum Gasteiger partial charge on any atom is 0.322 e. The topological polar surface area (TPSA) is 89.7 Å². The summed E-state index contributed by atoms with van der Waals surface area (Å²) in [5.74, 6) is 2.15. The Morgan fingerprint density at radius 3 is 2.43 bits per heavy atom. The first-order valence-electron chi connectivity index (χ1n) is 11.9. The number of rotatable bonds is 7.